The number of hydrogen-bond donors (Lipinski definition) is 1. The van der Waals surface area contributed by atoms with Crippen molar-refractivity contribution in [3.8, 4) is 11.1 Å². The van der Waals surface area contributed by atoms with Crippen LogP contribution in [0.25, 0.3) is 11.1 Å². The molecule has 0 amide bonds. The maximum Gasteiger partial charge on any atom is 0.123 e. The number of nitrogens with two attached hydrogens (primary N) is 1. The molecule has 66 valence electrons. The van der Waals surface area contributed by atoms with Gasteiger partial charge in [-0.15, -0.1) is 11.3 Å². The molecule has 0 unspecified atom stereocenters. The van der Waals surface area contributed by atoms with Gasteiger partial charge in [0, 0.05) is 5.56 Å². The summed E-state index contributed by atoms with van der Waals surface area (Å²) in [5.41, 5.74) is 7.46. The molecule has 2 aromatic rings. The van der Waals surface area contributed by atoms with E-state index in [4.69, 9.17) is 5.73 Å². The van der Waals surface area contributed by atoms with Crippen molar-refractivity contribution < 1.29 is 4.39 Å². The Morgan fingerprint density at radius 2 is 2.08 bits per heavy atom. The van der Waals surface area contributed by atoms with E-state index in [2.05, 4.69) is 0 Å². The third kappa shape index (κ3) is 1.55. The van der Waals surface area contributed by atoms with Crippen LogP contribution in [0.15, 0.2) is 35.7 Å². The van der Waals surface area contributed by atoms with Crippen LogP contribution >= 0.6 is 11.3 Å². The van der Waals surface area contributed by atoms with E-state index in [9.17, 15) is 4.39 Å². The molecule has 1 aromatic heterocycles. The van der Waals surface area contributed by atoms with Crippen molar-refractivity contribution in [2.45, 2.75) is 0 Å². The lowest BCUT2D eigenvalue weighted by molar-refractivity contribution is 0.628. The molecule has 2 rings (SSSR count). The standard InChI is InChI=1S/C10H8FNS/c11-8-3-1-2-7(6-8)9-4-5-13-10(9)12/h1-6H,12H2. The molecule has 0 atom stereocenters. The Kier molecular flexibility index (Phi) is 2.02. The zero-order valence-electron chi connectivity index (χ0n) is 6.83. The molecule has 1 heterocycles. The van der Waals surface area contributed by atoms with Crippen LogP contribution in [0, 0.1) is 5.82 Å². The predicted octanol–water partition coefficient (Wildman–Crippen LogP) is 3.14. The van der Waals surface area contributed by atoms with Crippen LogP contribution < -0.4 is 5.73 Å². The van der Waals surface area contributed by atoms with Crippen LogP contribution in [0.4, 0.5) is 9.39 Å². The van der Waals surface area contributed by atoms with E-state index in [1.54, 1.807) is 6.07 Å². The van der Waals surface area contributed by atoms with E-state index in [1.807, 2.05) is 17.5 Å². The normalized spacial score (nSPS) is 10.2. The third-order valence-corrected chi connectivity index (χ3v) is 2.58. The quantitative estimate of drug-likeness (QED) is 0.739. The fourth-order valence-corrected chi connectivity index (χ4v) is 1.88. The van der Waals surface area contributed by atoms with E-state index in [1.165, 1.54) is 23.5 Å². The third-order valence-electron chi connectivity index (χ3n) is 1.83. The van der Waals surface area contributed by atoms with Gasteiger partial charge in [-0.3, -0.25) is 0 Å². The van der Waals surface area contributed by atoms with Gasteiger partial charge in [0.2, 0.25) is 0 Å². The molecule has 0 aliphatic heterocycles. The average Bonchev–Trinajstić information content (AvgIpc) is 2.51. The highest BCUT2D eigenvalue weighted by Gasteiger charge is 2.03. The van der Waals surface area contributed by atoms with Crippen LogP contribution in [0.5, 0.6) is 0 Å². The number of anilines is 1. The summed E-state index contributed by atoms with van der Waals surface area (Å²) >= 11 is 1.46. The van der Waals surface area contributed by atoms with Gasteiger partial charge < -0.3 is 5.73 Å². The van der Waals surface area contributed by atoms with Crippen molar-refractivity contribution in [2.24, 2.45) is 0 Å². The smallest absolute Gasteiger partial charge is 0.123 e. The summed E-state index contributed by atoms with van der Waals surface area (Å²) in [4.78, 5) is 0. The minimum absolute atomic E-state index is 0.233. The van der Waals surface area contributed by atoms with Crippen molar-refractivity contribution in [3.05, 3.63) is 41.5 Å². The zero-order valence-corrected chi connectivity index (χ0v) is 7.64. The minimum atomic E-state index is -0.233. The lowest BCUT2D eigenvalue weighted by Crippen LogP contribution is -1.83. The van der Waals surface area contributed by atoms with Gasteiger partial charge in [0.1, 0.15) is 5.82 Å². The molecule has 3 heteroatoms. The monoisotopic (exact) mass is 193 g/mol. The Bertz CT molecular complexity index is 422. The minimum Gasteiger partial charge on any atom is -0.390 e. The highest BCUT2D eigenvalue weighted by molar-refractivity contribution is 7.14. The van der Waals surface area contributed by atoms with E-state index in [0.717, 1.165) is 16.1 Å². The Hall–Kier alpha value is -1.35. The van der Waals surface area contributed by atoms with Crippen molar-refractivity contribution in [2.75, 3.05) is 5.73 Å². The molecule has 0 radical (unpaired) electrons. The van der Waals surface area contributed by atoms with E-state index < -0.39 is 0 Å². The van der Waals surface area contributed by atoms with Crippen molar-refractivity contribution in [1.82, 2.24) is 0 Å². The summed E-state index contributed by atoms with van der Waals surface area (Å²) in [6, 6.07) is 8.34. The van der Waals surface area contributed by atoms with Gasteiger partial charge in [0.25, 0.3) is 0 Å². The summed E-state index contributed by atoms with van der Waals surface area (Å²) in [5.74, 6) is -0.233. The SMILES string of the molecule is Nc1sccc1-c1cccc(F)c1. The van der Waals surface area contributed by atoms with Crippen LogP contribution in [0.2, 0.25) is 0 Å². The molecule has 2 N–H and O–H groups in total. The second-order valence-electron chi connectivity index (χ2n) is 2.71. The first-order chi connectivity index (χ1) is 6.27. The first kappa shape index (κ1) is 8.26. The molecular formula is C10H8FNS. The summed E-state index contributed by atoms with van der Waals surface area (Å²) < 4.78 is 12.9. The first-order valence-corrected chi connectivity index (χ1v) is 4.74. The molecule has 1 aromatic carbocycles. The second-order valence-corrected chi connectivity index (χ2v) is 3.66. The highest BCUT2D eigenvalue weighted by atomic mass is 32.1. The molecule has 13 heavy (non-hydrogen) atoms. The maximum atomic E-state index is 12.9. The van der Waals surface area contributed by atoms with Gasteiger partial charge in [-0.25, -0.2) is 4.39 Å². The fourth-order valence-electron chi connectivity index (χ4n) is 1.22. The number of halogens is 1. The molecule has 0 spiro atoms. The molecule has 0 saturated carbocycles. The lowest BCUT2D eigenvalue weighted by atomic mass is 10.1. The van der Waals surface area contributed by atoms with Gasteiger partial charge in [-0.05, 0) is 29.1 Å². The molecule has 1 nitrogen and oxygen atoms in total. The summed E-state index contributed by atoms with van der Waals surface area (Å²) in [5, 5.41) is 2.63. The summed E-state index contributed by atoms with van der Waals surface area (Å²) in [7, 11) is 0. The van der Waals surface area contributed by atoms with E-state index in [0.29, 0.717) is 0 Å². The molecule has 0 aliphatic carbocycles. The highest BCUT2D eigenvalue weighted by Crippen LogP contribution is 2.30. The van der Waals surface area contributed by atoms with Crippen molar-refractivity contribution >= 4 is 16.3 Å². The Balaban J connectivity index is 2.53. The Morgan fingerprint density at radius 1 is 1.23 bits per heavy atom. The molecule has 0 aliphatic rings. The van der Waals surface area contributed by atoms with Gasteiger partial charge in [-0.2, -0.15) is 0 Å². The average molecular weight is 193 g/mol. The fraction of sp³-hybridized carbons (Fsp3) is 0. The largest absolute Gasteiger partial charge is 0.390 e. The number of rotatable bonds is 1. The summed E-state index contributed by atoms with van der Waals surface area (Å²) in [6.07, 6.45) is 0. The molecule has 0 bridgehead atoms. The molecule has 0 saturated heterocycles. The number of benzene rings is 1. The maximum absolute atomic E-state index is 12.9. The number of nitrogen functional groups attached to an aromatic ring is 1. The van der Waals surface area contributed by atoms with Crippen LogP contribution in [0.3, 0.4) is 0 Å². The zero-order chi connectivity index (χ0) is 9.26. The van der Waals surface area contributed by atoms with Gasteiger partial charge >= 0.3 is 0 Å². The lowest BCUT2D eigenvalue weighted by Gasteiger charge is -1.99. The predicted molar refractivity (Wildman–Crippen MR) is 54.1 cm³/mol. The van der Waals surface area contributed by atoms with Crippen molar-refractivity contribution in [1.29, 1.82) is 0 Å². The molecule has 0 fully saturated rings. The number of hydrogen-bond acceptors (Lipinski definition) is 2. The molecular weight excluding hydrogens is 185 g/mol. The van der Waals surface area contributed by atoms with Crippen LogP contribution in [-0.2, 0) is 0 Å². The van der Waals surface area contributed by atoms with Crippen LogP contribution in [-0.4, -0.2) is 0 Å². The van der Waals surface area contributed by atoms with E-state index >= 15 is 0 Å². The van der Waals surface area contributed by atoms with Crippen LogP contribution in [0.1, 0.15) is 0 Å². The van der Waals surface area contributed by atoms with Gasteiger partial charge in [-0.1, -0.05) is 12.1 Å². The second kappa shape index (κ2) is 3.18. The van der Waals surface area contributed by atoms with Gasteiger partial charge in [0.15, 0.2) is 0 Å². The van der Waals surface area contributed by atoms with Gasteiger partial charge in [0.05, 0.1) is 5.00 Å². The summed E-state index contributed by atoms with van der Waals surface area (Å²) in [6.45, 7) is 0. The Labute approximate surface area is 79.6 Å². The number of thiophene rings is 1. The van der Waals surface area contributed by atoms with E-state index in [-0.39, 0.29) is 5.82 Å². The Morgan fingerprint density at radius 3 is 2.69 bits per heavy atom. The topological polar surface area (TPSA) is 26.0 Å². The first-order valence-electron chi connectivity index (χ1n) is 3.86. The van der Waals surface area contributed by atoms with Crippen molar-refractivity contribution in [3.63, 3.8) is 0 Å².